The maximum Gasteiger partial charge on any atom is 0.129 e. The van der Waals surface area contributed by atoms with Crippen LogP contribution in [0.25, 0.3) is 40.0 Å². The number of fused-ring (bicyclic) bond motifs is 1. The molecule has 1 saturated heterocycles. The second-order valence-corrected chi connectivity index (χ2v) is 15.3. The van der Waals surface area contributed by atoms with E-state index in [1.54, 1.807) is 0 Å². The number of benzene rings is 6. The van der Waals surface area contributed by atoms with Crippen LogP contribution in [0.2, 0.25) is 0 Å². The molecule has 0 radical (unpaired) electrons. The molecule has 2 aliphatic rings. The van der Waals surface area contributed by atoms with Crippen molar-refractivity contribution in [2.75, 3.05) is 22.9 Å². The van der Waals surface area contributed by atoms with Gasteiger partial charge >= 0.3 is 0 Å². The summed E-state index contributed by atoms with van der Waals surface area (Å²) < 4.78 is 0. The third kappa shape index (κ3) is 5.91. The molecule has 1 fully saturated rings. The maximum atomic E-state index is 2.73. The lowest BCUT2D eigenvalue weighted by Crippen LogP contribution is -2.44. The van der Waals surface area contributed by atoms with Crippen molar-refractivity contribution >= 4 is 29.1 Å². The monoisotopic (exact) mass is 690 g/mol. The first-order valence-corrected chi connectivity index (χ1v) is 19.1. The first-order valence-electron chi connectivity index (χ1n) is 19.1. The van der Waals surface area contributed by atoms with Gasteiger partial charge in [-0.15, -0.1) is 0 Å². The van der Waals surface area contributed by atoms with E-state index in [1.807, 2.05) is 0 Å². The molecular formula is C51H50N2. The first kappa shape index (κ1) is 34.5. The highest BCUT2D eigenvalue weighted by Crippen LogP contribution is 2.45. The predicted octanol–water partition coefficient (Wildman–Crippen LogP) is 10.9. The number of hydrogen-bond donors (Lipinski definition) is 0. The van der Waals surface area contributed by atoms with Gasteiger partial charge in [0.05, 0.1) is 0 Å². The standard InChI is InChI=1S/C51H50N2/c1-32-16-14-17-33(2)46(32)43-26-24-36(5)49(38(43)7)52-28-29-53(50-37(6)25-27-44(39(50)8)47-34(3)18-15-19-35(47)4)51(52)48-42(30-40-20-10-9-11-21-40)31-41-22-12-13-23-45(41)48/h9-27,30-31,51H,28-29H2,1-8H3. The Bertz CT molecular complexity index is 2400. The average molecular weight is 691 g/mol. The predicted molar refractivity (Wildman–Crippen MR) is 228 cm³/mol. The zero-order valence-corrected chi connectivity index (χ0v) is 32.5. The Morgan fingerprint density at radius 2 is 0.943 bits per heavy atom. The van der Waals surface area contributed by atoms with Crippen molar-refractivity contribution in [1.29, 1.82) is 0 Å². The minimum absolute atomic E-state index is 0.0268. The SMILES string of the molecule is Cc1cccc(C)c1-c1ccc(C)c(N2CCN(c3c(C)ccc(-c4c(C)cccc4C)c3C)C2C2=c3ccccc3=CC2=Cc2ccccc2)c1C. The Morgan fingerprint density at radius 3 is 1.45 bits per heavy atom. The van der Waals surface area contributed by atoms with Crippen LogP contribution in [0.3, 0.4) is 0 Å². The second-order valence-electron chi connectivity index (χ2n) is 15.3. The number of rotatable bonds is 6. The summed E-state index contributed by atoms with van der Waals surface area (Å²) >= 11 is 0. The van der Waals surface area contributed by atoms with E-state index in [1.165, 1.54) is 105 Å². The summed E-state index contributed by atoms with van der Waals surface area (Å²) in [5, 5.41) is 2.60. The molecule has 0 amide bonds. The Kier molecular flexibility index (Phi) is 8.95. The van der Waals surface area contributed by atoms with Crippen LogP contribution in [0, 0.1) is 55.4 Å². The van der Waals surface area contributed by atoms with Gasteiger partial charge < -0.3 is 9.80 Å². The van der Waals surface area contributed by atoms with Crippen LogP contribution in [-0.4, -0.2) is 19.3 Å². The molecule has 2 nitrogen and oxygen atoms in total. The van der Waals surface area contributed by atoms with Crippen LogP contribution in [0.5, 0.6) is 0 Å². The second kappa shape index (κ2) is 13.7. The number of anilines is 2. The summed E-state index contributed by atoms with van der Waals surface area (Å²) in [6.07, 6.45) is 4.77. The summed E-state index contributed by atoms with van der Waals surface area (Å²) in [7, 11) is 0. The third-order valence-corrected chi connectivity index (χ3v) is 11.8. The Hall–Kier alpha value is -5.60. The zero-order chi connectivity index (χ0) is 37.0. The van der Waals surface area contributed by atoms with Gasteiger partial charge in [-0.2, -0.15) is 0 Å². The van der Waals surface area contributed by atoms with E-state index in [4.69, 9.17) is 0 Å². The molecule has 0 saturated carbocycles. The topological polar surface area (TPSA) is 6.48 Å². The van der Waals surface area contributed by atoms with Crippen LogP contribution in [0.4, 0.5) is 11.4 Å². The number of nitrogens with zero attached hydrogens (tertiary/aromatic N) is 2. The highest BCUT2D eigenvalue weighted by molar-refractivity contribution is 5.95. The molecule has 6 aromatic rings. The fourth-order valence-corrected chi connectivity index (χ4v) is 9.39. The molecule has 1 aliphatic carbocycles. The van der Waals surface area contributed by atoms with Gasteiger partial charge in [0.1, 0.15) is 6.17 Å². The fraction of sp³-hybridized carbons (Fsp3) is 0.216. The summed E-state index contributed by atoms with van der Waals surface area (Å²) in [6.45, 7) is 20.1. The lowest BCUT2D eigenvalue weighted by atomic mass is 9.89. The van der Waals surface area contributed by atoms with Crippen molar-refractivity contribution < 1.29 is 0 Å². The lowest BCUT2D eigenvalue weighted by Gasteiger charge is -2.38. The summed E-state index contributed by atoms with van der Waals surface area (Å²) in [6, 6.07) is 42.5. The highest BCUT2D eigenvalue weighted by atomic mass is 15.4. The van der Waals surface area contributed by atoms with Crippen molar-refractivity contribution in [3.05, 3.63) is 181 Å². The molecule has 1 heterocycles. The Labute approximate surface area is 316 Å². The molecule has 8 rings (SSSR count). The average Bonchev–Trinajstić information content (AvgIpc) is 3.71. The minimum atomic E-state index is -0.0268. The molecule has 6 aromatic carbocycles. The largest absolute Gasteiger partial charge is 0.345 e. The van der Waals surface area contributed by atoms with E-state index in [-0.39, 0.29) is 6.17 Å². The molecule has 53 heavy (non-hydrogen) atoms. The minimum Gasteiger partial charge on any atom is -0.345 e. The summed E-state index contributed by atoms with van der Waals surface area (Å²) in [5.41, 5.74) is 22.5. The molecule has 264 valence electrons. The van der Waals surface area contributed by atoms with Crippen LogP contribution < -0.4 is 20.2 Å². The summed E-state index contributed by atoms with van der Waals surface area (Å²) in [5.74, 6) is 0. The fourth-order valence-electron chi connectivity index (χ4n) is 9.39. The normalized spacial score (nSPS) is 15.0. The van der Waals surface area contributed by atoms with Gasteiger partial charge in [-0.3, -0.25) is 0 Å². The van der Waals surface area contributed by atoms with Crippen LogP contribution >= 0.6 is 0 Å². The van der Waals surface area contributed by atoms with Crippen LogP contribution in [0.1, 0.15) is 50.1 Å². The van der Waals surface area contributed by atoms with E-state index in [9.17, 15) is 0 Å². The van der Waals surface area contributed by atoms with Crippen molar-refractivity contribution in [2.24, 2.45) is 0 Å². The molecule has 0 atom stereocenters. The maximum absolute atomic E-state index is 2.73. The van der Waals surface area contributed by atoms with Gasteiger partial charge in [0.2, 0.25) is 0 Å². The van der Waals surface area contributed by atoms with E-state index in [2.05, 4.69) is 193 Å². The van der Waals surface area contributed by atoms with Crippen LogP contribution in [-0.2, 0) is 0 Å². The Balaban J connectivity index is 1.40. The van der Waals surface area contributed by atoms with Crippen molar-refractivity contribution in [2.45, 2.75) is 61.6 Å². The summed E-state index contributed by atoms with van der Waals surface area (Å²) in [4.78, 5) is 5.47. The quantitative estimate of drug-likeness (QED) is 0.172. The molecule has 0 N–H and O–H groups in total. The number of hydrogen-bond acceptors (Lipinski definition) is 2. The van der Waals surface area contributed by atoms with Gasteiger partial charge in [0, 0.05) is 30.0 Å². The van der Waals surface area contributed by atoms with Crippen molar-refractivity contribution in [3.8, 4) is 22.3 Å². The highest BCUT2D eigenvalue weighted by Gasteiger charge is 2.40. The van der Waals surface area contributed by atoms with E-state index in [0.717, 1.165) is 13.1 Å². The smallest absolute Gasteiger partial charge is 0.129 e. The molecule has 0 aromatic heterocycles. The van der Waals surface area contributed by atoms with E-state index in [0.29, 0.717) is 0 Å². The van der Waals surface area contributed by atoms with Gasteiger partial charge in [-0.1, -0.05) is 115 Å². The molecule has 0 spiro atoms. The lowest BCUT2D eigenvalue weighted by molar-refractivity contribution is 0.806. The van der Waals surface area contributed by atoms with Crippen molar-refractivity contribution in [1.82, 2.24) is 0 Å². The zero-order valence-electron chi connectivity index (χ0n) is 32.5. The van der Waals surface area contributed by atoms with E-state index < -0.39 is 0 Å². The van der Waals surface area contributed by atoms with E-state index >= 15 is 0 Å². The van der Waals surface area contributed by atoms with Gasteiger partial charge in [-0.05, 0) is 156 Å². The third-order valence-electron chi connectivity index (χ3n) is 11.8. The molecule has 0 bridgehead atoms. The molecule has 0 unspecified atom stereocenters. The van der Waals surface area contributed by atoms with Gasteiger partial charge in [0.25, 0.3) is 0 Å². The first-order chi connectivity index (χ1) is 25.6. The number of aryl methyl sites for hydroxylation is 6. The van der Waals surface area contributed by atoms with Crippen molar-refractivity contribution in [3.63, 3.8) is 0 Å². The Morgan fingerprint density at radius 1 is 0.472 bits per heavy atom. The van der Waals surface area contributed by atoms with Gasteiger partial charge in [0.15, 0.2) is 0 Å². The van der Waals surface area contributed by atoms with Gasteiger partial charge in [-0.25, -0.2) is 0 Å². The van der Waals surface area contributed by atoms with Crippen LogP contribution in [0.15, 0.2) is 121 Å². The molecular weight excluding hydrogens is 641 g/mol. The molecule has 2 heteroatoms. The molecule has 1 aliphatic heterocycles.